The average molecular weight is 301 g/mol. The zero-order chi connectivity index (χ0) is 15.4. The molecule has 0 bridgehead atoms. The van der Waals surface area contributed by atoms with Crippen LogP contribution in [-0.4, -0.2) is 16.8 Å². The van der Waals surface area contributed by atoms with E-state index in [4.69, 9.17) is 0 Å². The van der Waals surface area contributed by atoms with E-state index in [2.05, 4.69) is 15.6 Å². The van der Waals surface area contributed by atoms with Crippen molar-refractivity contribution in [3.8, 4) is 0 Å². The van der Waals surface area contributed by atoms with Gasteiger partial charge in [0.1, 0.15) is 5.82 Å². The second kappa shape index (κ2) is 6.90. The van der Waals surface area contributed by atoms with Crippen molar-refractivity contribution in [2.24, 2.45) is 11.8 Å². The predicted molar refractivity (Wildman–Crippen MR) is 85.4 cm³/mol. The minimum Gasteiger partial charge on any atom is -0.324 e. The Hall–Kier alpha value is -1.91. The maximum absolute atomic E-state index is 11.8. The van der Waals surface area contributed by atoms with Crippen LogP contribution in [0, 0.1) is 11.8 Å². The topological polar surface area (TPSA) is 71.1 Å². The molecule has 2 N–H and O–H groups in total. The lowest BCUT2D eigenvalue weighted by molar-refractivity contribution is -0.122. The van der Waals surface area contributed by atoms with Gasteiger partial charge < -0.3 is 10.6 Å². The van der Waals surface area contributed by atoms with Crippen molar-refractivity contribution in [2.75, 3.05) is 10.6 Å². The summed E-state index contributed by atoms with van der Waals surface area (Å²) in [5.41, 5.74) is 0.685. The van der Waals surface area contributed by atoms with Gasteiger partial charge in [-0.3, -0.25) is 9.59 Å². The zero-order valence-corrected chi connectivity index (χ0v) is 12.8. The summed E-state index contributed by atoms with van der Waals surface area (Å²) >= 11 is 0. The second-order valence-corrected chi connectivity index (χ2v) is 6.43. The summed E-state index contributed by atoms with van der Waals surface area (Å²) in [5, 5.41) is 5.67. The van der Waals surface area contributed by atoms with Gasteiger partial charge in [-0.05, 0) is 37.3 Å². The number of hydrogen-bond donors (Lipinski definition) is 2. The van der Waals surface area contributed by atoms with Crippen molar-refractivity contribution in [3.05, 3.63) is 18.3 Å². The van der Waals surface area contributed by atoms with Crippen LogP contribution in [0.15, 0.2) is 18.3 Å². The molecular formula is C17H23N3O2. The molecule has 3 rings (SSSR count). The van der Waals surface area contributed by atoms with Gasteiger partial charge in [0.2, 0.25) is 11.8 Å². The standard InChI is InChI=1S/C17H23N3O2/c21-16(10-7-12-3-1-4-12)20-15-9-8-14(11-18-15)19-17(22)13-5-2-6-13/h8-9,11-13H,1-7,10H2,(H,19,22)(H,18,20,21). The van der Waals surface area contributed by atoms with Gasteiger partial charge >= 0.3 is 0 Å². The Morgan fingerprint density at radius 3 is 2.41 bits per heavy atom. The third-order valence-corrected chi connectivity index (χ3v) is 4.78. The van der Waals surface area contributed by atoms with E-state index < -0.39 is 0 Å². The summed E-state index contributed by atoms with van der Waals surface area (Å²) in [6.45, 7) is 0. The minimum atomic E-state index is 0.0191. The fraction of sp³-hybridized carbons (Fsp3) is 0.588. The van der Waals surface area contributed by atoms with Crippen molar-refractivity contribution in [2.45, 2.75) is 51.4 Å². The van der Waals surface area contributed by atoms with Crippen LogP contribution >= 0.6 is 0 Å². The number of amides is 2. The molecule has 2 amide bonds. The second-order valence-electron chi connectivity index (χ2n) is 6.43. The molecule has 0 saturated heterocycles. The maximum atomic E-state index is 11.8. The number of nitrogens with zero attached hydrogens (tertiary/aromatic N) is 1. The smallest absolute Gasteiger partial charge is 0.227 e. The fourth-order valence-corrected chi connectivity index (χ4v) is 2.78. The largest absolute Gasteiger partial charge is 0.324 e. The van der Waals surface area contributed by atoms with Gasteiger partial charge in [-0.2, -0.15) is 0 Å². The normalized spacial score (nSPS) is 18.2. The Kier molecular flexibility index (Phi) is 4.71. The van der Waals surface area contributed by atoms with Crippen LogP contribution in [0.3, 0.4) is 0 Å². The van der Waals surface area contributed by atoms with E-state index in [0.29, 0.717) is 17.9 Å². The van der Waals surface area contributed by atoms with Crippen LogP contribution in [-0.2, 0) is 9.59 Å². The lowest BCUT2D eigenvalue weighted by atomic mass is 9.82. The molecule has 1 heterocycles. The molecule has 5 heteroatoms. The molecule has 0 aromatic carbocycles. The van der Waals surface area contributed by atoms with Crippen LogP contribution in [0.25, 0.3) is 0 Å². The molecule has 0 aliphatic heterocycles. The Labute approximate surface area is 130 Å². The van der Waals surface area contributed by atoms with Crippen molar-refractivity contribution >= 4 is 23.3 Å². The Morgan fingerprint density at radius 2 is 1.86 bits per heavy atom. The van der Waals surface area contributed by atoms with Gasteiger partial charge in [-0.1, -0.05) is 25.7 Å². The first-order chi connectivity index (χ1) is 10.7. The van der Waals surface area contributed by atoms with E-state index in [0.717, 1.165) is 31.6 Å². The molecule has 2 aliphatic carbocycles. The third-order valence-electron chi connectivity index (χ3n) is 4.78. The molecule has 2 saturated carbocycles. The molecule has 0 unspecified atom stereocenters. The van der Waals surface area contributed by atoms with Crippen LogP contribution in [0.2, 0.25) is 0 Å². The monoisotopic (exact) mass is 301 g/mol. The number of aromatic nitrogens is 1. The lowest BCUT2D eigenvalue weighted by Crippen LogP contribution is -2.28. The predicted octanol–water partition coefficient (Wildman–Crippen LogP) is 3.34. The van der Waals surface area contributed by atoms with Gasteiger partial charge in [-0.15, -0.1) is 0 Å². The molecule has 1 aromatic heterocycles. The first kappa shape index (κ1) is 15.0. The number of carbonyl (C=O) groups excluding carboxylic acids is 2. The molecule has 5 nitrogen and oxygen atoms in total. The minimum absolute atomic E-state index is 0.0191. The maximum Gasteiger partial charge on any atom is 0.227 e. The van der Waals surface area contributed by atoms with Crippen molar-refractivity contribution in [1.82, 2.24) is 4.98 Å². The van der Waals surface area contributed by atoms with Gasteiger partial charge in [-0.25, -0.2) is 4.98 Å². The number of pyridine rings is 1. The van der Waals surface area contributed by atoms with Crippen molar-refractivity contribution in [3.63, 3.8) is 0 Å². The van der Waals surface area contributed by atoms with Crippen LogP contribution in [0.4, 0.5) is 11.5 Å². The summed E-state index contributed by atoms with van der Waals surface area (Å²) < 4.78 is 0. The molecule has 118 valence electrons. The quantitative estimate of drug-likeness (QED) is 0.846. The third kappa shape index (κ3) is 3.84. The summed E-state index contributed by atoms with van der Waals surface area (Å²) in [5.74, 6) is 1.53. The highest BCUT2D eigenvalue weighted by Gasteiger charge is 2.25. The summed E-state index contributed by atoms with van der Waals surface area (Å²) in [4.78, 5) is 27.9. The Morgan fingerprint density at radius 1 is 1.09 bits per heavy atom. The lowest BCUT2D eigenvalue weighted by Gasteiger charge is -2.24. The van der Waals surface area contributed by atoms with E-state index in [1.165, 1.54) is 19.3 Å². The van der Waals surface area contributed by atoms with Gasteiger partial charge in [0.05, 0.1) is 11.9 Å². The van der Waals surface area contributed by atoms with E-state index in [-0.39, 0.29) is 17.7 Å². The number of nitrogens with one attached hydrogen (secondary N) is 2. The number of hydrogen-bond acceptors (Lipinski definition) is 3. The summed E-state index contributed by atoms with van der Waals surface area (Å²) in [7, 11) is 0. The first-order valence-corrected chi connectivity index (χ1v) is 8.27. The van der Waals surface area contributed by atoms with Crippen molar-refractivity contribution < 1.29 is 9.59 Å². The molecule has 2 aliphatic rings. The highest BCUT2D eigenvalue weighted by Crippen LogP contribution is 2.30. The number of anilines is 2. The highest BCUT2D eigenvalue weighted by atomic mass is 16.2. The molecular weight excluding hydrogens is 278 g/mol. The molecule has 0 atom stereocenters. The molecule has 22 heavy (non-hydrogen) atoms. The average Bonchev–Trinajstić information content (AvgIpc) is 2.37. The van der Waals surface area contributed by atoms with Crippen LogP contribution in [0.1, 0.15) is 51.4 Å². The summed E-state index contributed by atoms with van der Waals surface area (Å²) in [6, 6.07) is 3.52. The molecule has 0 radical (unpaired) electrons. The molecule has 2 fully saturated rings. The van der Waals surface area contributed by atoms with Crippen LogP contribution in [0.5, 0.6) is 0 Å². The molecule has 0 spiro atoms. The van der Waals surface area contributed by atoms with E-state index in [9.17, 15) is 9.59 Å². The van der Waals surface area contributed by atoms with Crippen molar-refractivity contribution in [1.29, 1.82) is 0 Å². The molecule has 1 aromatic rings. The zero-order valence-electron chi connectivity index (χ0n) is 12.8. The first-order valence-electron chi connectivity index (χ1n) is 8.27. The van der Waals surface area contributed by atoms with Gasteiger partial charge in [0, 0.05) is 12.3 Å². The van der Waals surface area contributed by atoms with Gasteiger partial charge in [0.25, 0.3) is 0 Å². The highest BCUT2D eigenvalue weighted by molar-refractivity contribution is 5.93. The fourth-order valence-electron chi connectivity index (χ4n) is 2.78. The number of carbonyl (C=O) groups is 2. The van der Waals surface area contributed by atoms with Gasteiger partial charge in [0.15, 0.2) is 0 Å². The number of rotatable bonds is 6. The Bertz CT molecular complexity index is 533. The van der Waals surface area contributed by atoms with E-state index in [1.807, 2.05) is 0 Å². The van der Waals surface area contributed by atoms with Crippen LogP contribution < -0.4 is 10.6 Å². The SMILES string of the molecule is O=C(CCC1CCC1)Nc1ccc(NC(=O)C2CCC2)cn1. The van der Waals surface area contributed by atoms with E-state index >= 15 is 0 Å². The Balaban J connectivity index is 1.43. The van der Waals surface area contributed by atoms with E-state index in [1.54, 1.807) is 18.3 Å². The summed E-state index contributed by atoms with van der Waals surface area (Å²) in [6.07, 6.45) is 10.1.